The van der Waals surface area contributed by atoms with Crippen molar-refractivity contribution in [2.24, 2.45) is 0 Å². The van der Waals surface area contributed by atoms with Crippen molar-refractivity contribution in [1.29, 1.82) is 0 Å². The number of nitrogens with one attached hydrogen (secondary N) is 1. The molecule has 1 aliphatic rings. The number of amides is 2. The van der Waals surface area contributed by atoms with Gasteiger partial charge < -0.3 is 4.57 Å². The lowest BCUT2D eigenvalue weighted by atomic mass is 10.1. The van der Waals surface area contributed by atoms with E-state index < -0.39 is 6.04 Å². The Morgan fingerprint density at radius 2 is 2.00 bits per heavy atom. The van der Waals surface area contributed by atoms with E-state index in [2.05, 4.69) is 10.3 Å². The number of piperidine rings is 1. The number of hydrogen-bond acceptors (Lipinski definition) is 3. The van der Waals surface area contributed by atoms with E-state index in [1.807, 2.05) is 0 Å². The topological polar surface area (TPSA) is 64.0 Å². The molecule has 1 fully saturated rings. The van der Waals surface area contributed by atoms with Gasteiger partial charge in [-0.15, -0.1) is 11.6 Å². The van der Waals surface area contributed by atoms with Crippen LogP contribution in [0.25, 0.3) is 11.0 Å². The SMILES string of the molecule is O=C1CCC(n2c(CCl)nc3cc(Cl)c(Cl)cc32)C(=O)N1. The van der Waals surface area contributed by atoms with Gasteiger partial charge in [0.25, 0.3) is 0 Å². The van der Waals surface area contributed by atoms with Gasteiger partial charge in [-0.1, -0.05) is 23.2 Å². The number of carbonyl (C=O) groups is 2. The Morgan fingerprint density at radius 3 is 2.67 bits per heavy atom. The largest absolute Gasteiger partial charge is 0.314 e. The maximum Gasteiger partial charge on any atom is 0.249 e. The van der Waals surface area contributed by atoms with E-state index in [1.165, 1.54) is 0 Å². The van der Waals surface area contributed by atoms with Crippen LogP contribution >= 0.6 is 34.8 Å². The van der Waals surface area contributed by atoms with Crippen LogP contribution in [0.1, 0.15) is 24.7 Å². The predicted octanol–water partition coefficient (Wildman–Crippen LogP) is 3.06. The van der Waals surface area contributed by atoms with Gasteiger partial charge in [0, 0.05) is 6.42 Å². The molecule has 110 valence electrons. The van der Waals surface area contributed by atoms with Crippen molar-refractivity contribution in [3.63, 3.8) is 0 Å². The van der Waals surface area contributed by atoms with E-state index in [9.17, 15) is 9.59 Å². The lowest BCUT2D eigenvalue weighted by molar-refractivity contribution is -0.135. The van der Waals surface area contributed by atoms with E-state index in [1.54, 1.807) is 16.7 Å². The molecular weight excluding hydrogens is 337 g/mol. The van der Waals surface area contributed by atoms with E-state index >= 15 is 0 Å². The van der Waals surface area contributed by atoms with E-state index in [4.69, 9.17) is 34.8 Å². The summed E-state index contributed by atoms with van der Waals surface area (Å²) in [4.78, 5) is 27.8. The molecule has 0 saturated carbocycles. The number of alkyl halides is 1. The van der Waals surface area contributed by atoms with Gasteiger partial charge in [0.1, 0.15) is 11.9 Å². The van der Waals surface area contributed by atoms with Gasteiger partial charge in [-0.25, -0.2) is 4.98 Å². The van der Waals surface area contributed by atoms with Crippen molar-refractivity contribution >= 4 is 57.7 Å². The number of benzene rings is 1. The standard InChI is InChI=1S/C13H10Cl3N3O2/c14-5-11-17-8-3-6(15)7(16)4-10(8)19(11)9-1-2-12(20)18-13(9)21/h3-4,9H,1-2,5H2,(H,18,20,21). The highest BCUT2D eigenvalue weighted by atomic mass is 35.5. The molecule has 3 rings (SSSR count). The zero-order valence-corrected chi connectivity index (χ0v) is 13.0. The summed E-state index contributed by atoms with van der Waals surface area (Å²) in [6, 6.07) is 2.77. The Balaban J connectivity index is 2.18. The molecule has 2 amide bonds. The summed E-state index contributed by atoms with van der Waals surface area (Å²) in [6.07, 6.45) is 0.680. The van der Waals surface area contributed by atoms with Crippen LogP contribution in [0.15, 0.2) is 12.1 Å². The van der Waals surface area contributed by atoms with Gasteiger partial charge in [0.2, 0.25) is 11.8 Å². The molecule has 2 heterocycles. The Hall–Kier alpha value is -1.30. The minimum absolute atomic E-state index is 0.141. The molecule has 0 bridgehead atoms. The minimum Gasteiger partial charge on any atom is -0.314 e. The first kappa shape index (κ1) is 14.6. The average molecular weight is 347 g/mol. The van der Waals surface area contributed by atoms with Crippen molar-refractivity contribution < 1.29 is 9.59 Å². The quantitative estimate of drug-likeness (QED) is 0.671. The number of imide groups is 1. The third-order valence-corrected chi connectivity index (χ3v) is 4.41. The van der Waals surface area contributed by atoms with Crippen molar-refractivity contribution in [3.05, 3.63) is 28.0 Å². The minimum atomic E-state index is -0.529. The van der Waals surface area contributed by atoms with Crippen LogP contribution < -0.4 is 5.32 Å². The van der Waals surface area contributed by atoms with Crippen molar-refractivity contribution in [2.75, 3.05) is 0 Å². The number of fused-ring (bicyclic) bond motifs is 1. The summed E-state index contributed by atoms with van der Waals surface area (Å²) in [6.45, 7) is 0. The van der Waals surface area contributed by atoms with Crippen molar-refractivity contribution in [1.82, 2.24) is 14.9 Å². The van der Waals surface area contributed by atoms with Crippen LogP contribution in [0, 0.1) is 0 Å². The molecule has 0 radical (unpaired) electrons. The van der Waals surface area contributed by atoms with Crippen LogP contribution in [0.4, 0.5) is 0 Å². The van der Waals surface area contributed by atoms with Gasteiger partial charge in [-0.05, 0) is 18.6 Å². The van der Waals surface area contributed by atoms with Gasteiger partial charge in [-0.3, -0.25) is 14.9 Å². The molecule has 21 heavy (non-hydrogen) atoms. The smallest absolute Gasteiger partial charge is 0.249 e. The molecule has 5 nitrogen and oxygen atoms in total. The molecule has 1 saturated heterocycles. The number of rotatable bonds is 2. The Labute approximate surface area is 135 Å². The van der Waals surface area contributed by atoms with Crippen LogP contribution in [0.3, 0.4) is 0 Å². The van der Waals surface area contributed by atoms with E-state index in [0.717, 1.165) is 0 Å². The number of halogens is 3. The Kier molecular flexibility index (Phi) is 3.82. The molecule has 1 aromatic carbocycles. The molecule has 0 spiro atoms. The van der Waals surface area contributed by atoms with Crippen LogP contribution in [0.5, 0.6) is 0 Å². The third kappa shape index (κ3) is 2.50. The summed E-state index contributed by atoms with van der Waals surface area (Å²) in [5.74, 6) is 0.0541. The Bertz CT molecular complexity index is 757. The molecule has 8 heteroatoms. The summed E-state index contributed by atoms with van der Waals surface area (Å²) in [7, 11) is 0. The maximum absolute atomic E-state index is 12.1. The highest BCUT2D eigenvalue weighted by molar-refractivity contribution is 6.42. The molecule has 1 aromatic heterocycles. The number of hydrogen-bond donors (Lipinski definition) is 1. The number of aromatic nitrogens is 2. The zero-order valence-electron chi connectivity index (χ0n) is 10.7. The molecule has 1 atom stereocenters. The lowest BCUT2D eigenvalue weighted by Gasteiger charge is -2.24. The fourth-order valence-electron chi connectivity index (χ4n) is 2.51. The normalized spacial score (nSPS) is 19.1. The molecule has 1 unspecified atom stereocenters. The van der Waals surface area contributed by atoms with Gasteiger partial charge in [0.15, 0.2) is 0 Å². The second-order valence-electron chi connectivity index (χ2n) is 4.75. The first-order chi connectivity index (χ1) is 10.0. The van der Waals surface area contributed by atoms with Crippen LogP contribution in [-0.2, 0) is 15.5 Å². The highest BCUT2D eigenvalue weighted by Crippen LogP contribution is 2.32. The number of carbonyl (C=O) groups excluding carboxylic acids is 2. The van der Waals surface area contributed by atoms with E-state index in [-0.39, 0.29) is 24.1 Å². The molecule has 1 N–H and O–H groups in total. The second-order valence-corrected chi connectivity index (χ2v) is 5.84. The van der Waals surface area contributed by atoms with Crippen LogP contribution in [0.2, 0.25) is 10.0 Å². The monoisotopic (exact) mass is 345 g/mol. The van der Waals surface area contributed by atoms with Crippen molar-refractivity contribution in [2.45, 2.75) is 24.8 Å². The lowest BCUT2D eigenvalue weighted by Crippen LogP contribution is -2.42. The molecular formula is C13H10Cl3N3O2. The van der Waals surface area contributed by atoms with Gasteiger partial charge in [-0.2, -0.15) is 0 Å². The van der Waals surface area contributed by atoms with Crippen molar-refractivity contribution in [3.8, 4) is 0 Å². The number of nitrogens with zero attached hydrogens (tertiary/aromatic N) is 2. The molecule has 2 aromatic rings. The maximum atomic E-state index is 12.1. The zero-order chi connectivity index (χ0) is 15.1. The van der Waals surface area contributed by atoms with Gasteiger partial charge in [0.05, 0.1) is 27.0 Å². The summed E-state index contributed by atoms with van der Waals surface area (Å²) >= 11 is 18.0. The van der Waals surface area contributed by atoms with E-state index in [0.29, 0.717) is 33.3 Å². The average Bonchev–Trinajstić information content (AvgIpc) is 2.77. The molecule has 1 aliphatic heterocycles. The van der Waals surface area contributed by atoms with Crippen LogP contribution in [-0.4, -0.2) is 21.4 Å². The fourth-order valence-corrected chi connectivity index (χ4v) is 3.02. The predicted molar refractivity (Wildman–Crippen MR) is 80.7 cm³/mol. The molecule has 0 aliphatic carbocycles. The third-order valence-electron chi connectivity index (χ3n) is 3.45. The number of imidazole rings is 1. The second kappa shape index (κ2) is 5.48. The summed E-state index contributed by atoms with van der Waals surface area (Å²) < 4.78 is 1.73. The van der Waals surface area contributed by atoms with Gasteiger partial charge >= 0.3 is 0 Å². The first-order valence-electron chi connectivity index (χ1n) is 6.26. The highest BCUT2D eigenvalue weighted by Gasteiger charge is 2.31. The first-order valence-corrected chi connectivity index (χ1v) is 7.56. The summed E-state index contributed by atoms with van der Waals surface area (Å²) in [5.41, 5.74) is 1.29. The Morgan fingerprint density at radius 1 is 1.29 bits per heavy atom. The fraction of sp³-hybridized carbons (Fsp3) is 0.308. The summed E-state index contributed by atoms with van der Waals surface area (Å²) in [5, 5.41) is 3.09.